The summed E-state index contributed by atoms with van der Waals surface area (Å²) in [5, 5.41) is 3.27. The van der Waals surface area contributed by atoms with Gasteiger partial charge in [-0.15, -0.1) is 12.4 Å². The Kier molecular flexibility index (Phi) is 6.90. The van der Waals surface area contributed by atoms with Gasteiger partial charge in [0, 0.05) is 42.2 Å². The lowest BCUT2D eigenvalue weighted by Crippen LogP contribution is -2.43. The molecule has 2 aromatic rings. The van der Waals surface area contributed by atoms with E-state index in [1.807, 2.05) is 0 Å². The van der Waals surface area contributed by atoms with Crippen LogP contribution in [0.1, 0.15) is 33.8 Å². The molecule has 138 valence electrons. The quantitative estimate of drug-likeness (QED) is 0.830. The summed E-state index contributed by atoms with van der Waals surface area (Å²) in [5.41, 5.74) is 6.47. The Labute approximate surface area is 162 Å². The van der Waals surface area contributed by atoms with Gasteiger partial charge in [-0.1, -0.05) is 11.6 Å². The highest BCUT2D eigenvalue weighted by Gasteiger charge is 2.27. The molecule has 0 saturated carbocycles. The van der Waals surface area contributed by atoms with E-state index in [0.29, 0.717) is 23.8 Å². The van der Waals surface area contributed by atoms with Crippen LogP contribution < -0.4 is 11.1 Å². The SMILES string of the molecule is Cl.NC1CCN(C(=O)c2nccnc2C(=O)Nc2ccc(Cl)cc2)CC1. The van der Waals surface area contributed by atoms with E-state index < -0.39 is 5.91 Å². The standard InChI is InChI=1S/C17H18ClN5O2.ClH/c18-11-1-3-13(4-2-11)22-16(24)14-15(21-8-7-20-14)17(25)23-9-5-12(19)6-10-23;/h1-4,7-8,12H,5-6,9-10,19H2,(H,22,24);1H. The van der Waals surface area contributed by atoms with Crippen LogP contribution in [0.3, 0.4) is 0 Å². The van der Waals surface area contributed by atoms with Crippen molar-refractivity contribution in [2.24, 2.45) is 5.73 Å². The zero-order valence-electron chi connectivity index (χ0n) is 13.9. The molecular weight excluding hydrogens is 377 g/mol. The van der Waals surface area contributed by atoms with Gasteiger partial charge in [-0.2, -0.15) is 0 Å². The Hall–Kier alpha value is -2.22. The maximum Gasteiger partial charge on any atom is 0.276 e. The molecule has 0 aliphatic carbocycles. The molecule has 1 fully saturated rings. The van der Waals surface area contributed by atoms with Gasteiger partial charge >= 0.3 is 0 Å². The van der Waals surface area contributed by atoms with E-state index in [1.165, 1.54) is 12.4 Å². The van der Waals surface area contributed by atoms with Crippen LogP contribution in [0.4, 0.5) is 5.69 Å². The van der Waals surface area contributed by atoms with E-state index in [1.54, 1.807) is 29.2 Å². The third kappa shape index (κ3) is 4.69. The van der Waals surface area contributed by atoms with Crippen molar-refractivity contribution in [1.82, 2.24) is 14.9 Å². The van der Waals surface area contributed by atoms with Gasteiger partial charge in [0.25, 0.3) is 11.8 Å². The largest absolute Gasteiger partial charge is 0.337 e. The van der Waals surface area contributed by atoms with E-state index in [2.05, 4.69) is 15.3 Å². The molecule has 0 spiro atoms. The molecule has 1 saturated heterocycles. The number of hydrogen-bond acceptors (Lipinski definition) is 5. The molecule has 1 aliphatic rings. The topological polar surface area (TPSA) is 101 Å². The minimum atomic E-state index is -0.493. The molecule has 0 radical (unpaired) electrons. The van der Waals surface area contributed by atoms with Gasteiger partial charge < -0.3 is 16.0 Å². The minimum absolute atomic E-state index is 0. The van der Waals surface area contributed by atoms with E-state index in [9.17, 15) is 9.59 Å². The Bertz CT molecular complexity index is 777. The molecule has 3 N–H and O–H groups in total. The molecule has 0 atom stereocenters. The summed E-state index contributed by atoms with van der Waals surface area (Å²) in [4.78, 5) is 35.0. The average Bonchev–Trinajstić information content (AvgIpc) is 2.63. The molecular formula is C17H19Cl2N5O2. The van der Waals surface area contributed by atoms with E-state index in [-0.39, 0.29) is 35.7 Å². The maximum atomic E-state index is 12.7. The lowest BCUT2D eigenvalue weighted by Gasteiger charge is -2.30. The van der Waals surface area contributed by atoms with Crippen LogP contribution in [0, 0.1) is 0 Å². The number of benzene rings is 1. The zero-order chi connectivity index (χ0) is 17.8. The average molecular weight is 396 g/mol. The minimum Gasteiger partial charge on any atom is -0.337 e. The van der Waals surface area contributed by atoms with Gasteiger partial charge in [-0.3, -0.25) is 9.59 Å². The Morgan fingerprint density at radius 1 is 1.08 bits per heavy atom. The summed E-state index contributed by atoms with van der Waals surface area (Å²) in [7, 11) is 0. The number of nitrogens with zero attached hydrogens (tertiary/aromatic N) is 3. The van der Waals surface area contributed by atoms with Crippen molar-refractivity contribution in [3.63, 3.8) is 0 Å². The second-order valence-electron chi connectivity index (χ2n) is 5.84. The van der Waals surface area contributed by atoms with Gasteiger partial charge in [0.1, 0.15) is 0 Å². The fraction of sp³-hybridized carbons (Fsp3) is 0.294. The number of hydrogen-bond donors (Lipinski definition) is 2. The zero-order valence-corrected chi connectivity index (χ0v) is 15.5. The predicted octanol–water partition coefficient (Wildman–Crippen LogP) is 2.37. The Balaban J connectivity index is 0.00000243. The highest BCUT2D eigenvalue weighted by atomic mass is 35.5. The molecule has 3 rings (SSSR count). The van der Waals surface area contributed by atoms with Crippen LogP contribution in [-0.2, 0) is 0 Å². The number of anilines is 1. The molecule has 2 amide bonds. The van der Waals surface area contributed by atoms with Crippen molar-refractivity contribution in [3.05, 3.63) is 53.1 Å². The van der Waals surface area contributed by atoms with Gasteiger partial charge in [0.2, 0.25) is 0 Å². The second-order valence-corrected chi connectivity index (χ2v) is 6.28. The molecule has 1 aromatic heterocycles. The number of carbonyl (C=O) groups is 2. The van der Waals surface area contributed by atoms with Gasteiger partial charge in [-0.05, 0) is 37.1 Å². The Morgan fingerprint density at radius 2 is 1.65 bits per heavy atom. The fourth-order valence-corrected chi connectivity index (χ4v) is 2.76. The van der Waals surface area contributed by atoms with Crippen molar-refractivity contribution >= 4 is 41.5 Å². The predicted molar refractivity (Wildman–Crippen MR) is 102 cm³/mol. The van der Waals surface area contributed by atoms with Crippen LogP contribution in [-0.4, -0.2) is 45.8 Å². The summed E-state index contributed by atoms with van der Waals surface area (Å²) in [5.74, 6) is -0.797. The number of carbonyl (C=O) groups excluding carboxylic acids is 2. The summed E-state index contributed by atoms with van der Waals surface area (Å²) in [6.45, 7) is 1.10. The number of nitrogens with one attached hydrogen (secondary N) is 1. The lowest BCUT2D eigenvalue weighted by atomic mass is 10.1. The molecule has 26 heavy (non-hydrogen) atoms. The van der Waals surface area contributed by atoms with Crippen LogP contribution >= 0.6 is 24.0 Å². The van der Waals surface area contributed by atoms with Gasteiger partial charge in [0.15, 0.2) is 11.4 Å². The smallest absolute Gasteiger partial charge is 0.276 e. The van der Waals surface area contributed by atoms with Crippen molar-refractivity contribution < 1.29 is 9.59 Å². The number of piperidine rings is 1. The summed E-state index contributed by atoms with van der Waals surface area (Å²) < 4.78 is 0. The third-order valence-corrected chi connectivity index (χ3v) is 4.30. The molecule has 1 aromatic carbocycles. The van der Waals surface area contributed by atoms with Crippen LogP contribution in [0.25, 0.3) is 0 Å². The molecule has 2 heterocycles. The van der Waals surface area contributed by atoms with E-state index in [4.69, 9.17) is 17.3 Å². The Morgan fingerprint density at radius 3 is 2.27 bits per heavy atom. The maximum absolute atomic E-state index is 12.7. The van der Waals surface area contributed by atoms with E-state index in [0.717, 1.165) is 12.8 Å². The molecule has 0 bridgehead atoms. The van der Waals surface area contributed by atoms with Gasteiger partial charge in [0.05, 0.1) is 0 Å². The number of rotatable bonds is 3. The first-order valence-corrected chi connectivity index (χ1v) is 8.35. The molecule has 7 nitrogen and oxygen atoms in total. The van der Waals surface area contributed by atoms with Crippen molar-refractivity contribution in [2.45, 2.75) is 18.9 Å². The van der Waals surface area contributed by atoms with E-state index >= 15 is 0 Å². The lowest BCUT2D eigenvalue weighted by molar-refractivity contribution is 0.0703. The van der Waals surface area contributed by atoms with Crippen molar-refractivity contribution in [2.75, 3.05) is 18.4 Å². The van der Waals surface area contributed by atoms with Crippen LogP contribution in [0.15, 0.2) is 36.7 Å². The van der Waals surface area contributed by atoms with Crippen LogP contribution in [0.2, 0.25) is 5.02 Å². The number of halogens is 2. The first-order valence-electron chi connectivity index (χ1n) is 7.97. The fourth-order valence-electron chi connectivity index (χ4n) is 2.64. The third-order valence-electron chi connectivity index (χ3n) is 4.04. The molecule has 0 unspecified atom stereocenters. The first kappa shape index (κ1) is 20.1. The van der Waals surface area contributed by atoms with Gasteiger partial charge in [-0.25, -0.2) is 9.97 Å². The van der Waals surface area contributed by atoms with Crippen molar-refractivity contribution in [1.29, 1.82) is 0 Å². The number of aromatic nitrogens is 2. The normalized spacial score (nSPS) is 14.5. The first-order chi connectivity index (χ1) is 12.0. The second kappa shape index (κ2) is 8.93. The summed E-state index contributed by atoms with van der Waals surface area (Å²) in [6.07, 6.45) is 4.26. The highest BCUT2D eigenvalue weighted by molar-refractivity contribution is 6.30. The number of nitrogens with two attached hydrogens (primary N) is 1. The summed E-state index contributed by atoms with van der Waals surface area (Å²) >= 11 is 5.83. The van der Waals surface area contributed by atoms with Crippen molar-refractivity contribution in [3.8, 4) is 0 Å². The van der Waals surface area contributed by atoms with Crippen LogP contribution in [0.5, 0.6) is 0 Å². The number of likely N-dealkylation sites (tertiary alicyclic amines) is 1. The monoisotopic (exact) mass is 395 g/mol. The summed E-state index contributed by atoms with van der Waals surface area (Å²) in [6, 6.07) is 6.78. The number of amides is 2. The molecule has 9 heteroatoms. The molecule has 1 aliphatic heterocycles. The highest BCUT2D eigenvalue weighted by Crippen LogP contribution is 2.16.